The summed E-state index contributed by atoms with van der Waals surface area (Å²) >= 11 is 0. The molecule has 0 amide bonds. The van der Waals surface area contributed by atoms with Crippen molar-refractivity contribution >= 4 is 17.0 Å². The fourth-order valence-corrected chi connectivity index (χ4v) is 3.42. The Bertz CT molecular complexity index is 438. The van der Waals surface area contributed by atoms with Crippen molar-refractivity contribution in [1.29, 1.82) is 0 Å². The average Bonchev–Trinajstić information content (AvgIpc) is 2.35. The lowest BCUT2D eigenvalue weighted by Gasteiger charge is -2.30. The molecular weight excluding hydrogens is 298 g/mol. The molecule has 0 heterocycles. The summed E-state index contributed by atoms with van der Waals surface area (Å²) in [5, 5.41) is 0. The minimum absolute atomic E-state index is 0.0819. The summed E-state index contributed by atoms with van der Waals surface area (Å²) < 4.78 is 20.8. The molecule has 3 atom stereocenters. The van der Waals surface area contributed by atoms with E-state index >= 15 is 0 Å². The monoisotopic (exact) mass is 329 g/mol. The molecule has 0 bridgehead atoms. The first kappa shape index (κ1) is 19.4. The molecule has 22 heavy (non-hydrogen) atoms. The molecule has 0 fully saturated rings. The second-order valence-electron chi connectivity index (χ2n) is 7.46. The second-order valence-corrected chi connectivity index (χ2v) is 9.46. The summed E-state index contributed by atoms with van der Waals surface area (Å²) in [7, 11) is -1.11. The van der Waals surface area contributed by atoms with E-state index in [9.17, 15) is 9.00 Å². The molecule has 128 valence electrons. The Morgan fingerprint density at radius 2 is 2.09 bits per heavy atom. The SMILES string of the molecule is CC(=O)OC1C=C([C@H](CC(C)C)NS(=O)C(C)(C)C)CCC1. The molecule has 0 aromatic carbocycles. The number of ether oxygens (including phenoxy) is 1. The van der Waals surface area contributed by atoms with Crippen molar-refractivity contribution in [1.82, 2.24) is 4.72 Å². The third kappa shape index (κ3) is 6.61. The van der Waals surface area contributed by atoms with Crippen molar-refractivity contribution in [3.63, 3.8) is 0 Å². The molecule has 1 aliphatic carbocycles. The van der Waals surface area contributed by atoms with E-state index < -0.39 is 11.0 Å². The van der Waals surface area contributed by atoms with Gasteiger partial charge in [0.25, 0.3) is 0 Å². The van der Waals surface area contributed by atoms with Gasteiger partial charge in [0, 0.05) is 13.0 Å². The van der Waals surface area contributed by atoms with Crippen LogP contribution in [0.5, 0.6) is 0 Å². The van der Waals surface area contributed by atoms with Gasteiger partial charge in [0.1, 0.15) is 6.10 Å². The van der Waals surface area contributed by atoms with Crippen LogP contribution < -0.4 is 4.72 Å². The lowest BCUT2D eigenvalue weighted by Crippen LogP contribution is -2.42. The van der Waals surface area contributed by atoms with Crippen molar-refractivity contribution in [2.75, 3.05) is 0 Å². The first-order chi connectivity index (χ1) is 10.1. The summed E-state index contributed by atoms with van der Waals surface area (Å²) in [5.74, 6) is 0.263. The fraction of sp³-hybridized carbons (Fsp3) is 0.824. The first-order valence-electron chi connectivity index (χ1n) is 8.15. The van der Waals surface area contributed by atoms with E-state index in [0.717, 1.165) is 25.7 Å². The van der Waals surface area contributed by atoms with Gasteiger partial charge in [-0.15, -0.1) is 0 Å². The number of hydrogen-bond donors (Lipinski definition) is 1. The predicted molar refractivity (Wildman–Crippen MR) is 91.8 cm³/mol. The zero-order valence-electron chi connectivity index (χ0n) is 14.8. The average molecular weight is 330 g/mol. The highest BCUT2D eigenvalue weighted by Crippen LogP contribution is 2.27. The lowest BCUT2D eigenvalue weighted by molar-refractivity contribution is -0.144. The van der Waals surface area contributed by atoms with Crippen LogP contribution in [0.15, 0.2) is 11.6 Å². The Morgan fingerprint density at radius 3 is 2.59 bits per heavy atom. The van der Waals surface area contributed by atoms with Crippen LogP contribution in [0.2, 0.25) is 0 Å². The van der Waals surface area contributed by atoms with Crippen LogP contribution in [-0.2, 0) is 20.5 Å². The maximum atomic E-state index is 12.4. The fourth-order valence-electron chi connectivity index (χ4n) is 2.56. The van der Waals surface area contributed by atoms with Crippen LogP contribution in [0.3, 0.4) is 0 Å². The van der Waals surface area contributed by atoms with Crippen molar-refractivity contribution in [2.24, 2.45) is 5.92 Å². The van der Waals surface area contributed by atoms with Crippen LogP contribution in [0, 0.1) is 5.92 Å². The molecule has 0 aliphatic heterocycles. The van der Waals surface area contributed by atoms with E-state index in [1.165, 1.54) is 12.5 Å². The smallest absolute Gasteiger partial charge is 0.303 e. The molecule has 5 heteroatoms. The van der Waals surface area contributed by atoms with Gasteiger partial charge in [-0.1, -0.05) is 19.4 Å². The van der Waals surface area contributed by atoms with Gasteiger partial charge in [-0.2, -0.15) is 0 Å². The summed E-state index contributed by atoms with van der Waals surface area (Å²) in [6.07, 6.45) is 5.71. The van der Waals surface area contributed by atoms with Gasteiger partial charge in [0.05, 0.1) is 15.7 Å². The van der Waals surface area contributed by atoms with E-state index in [2.05, 4.69) is 24.6 Å². The highest BCUT2D eigenvalue weighted by molar-refractivity contribution is 7.84. The molecule has 0 spiro atoms. The molecule has 4 nitrogen and oxygen atoms in total. The van der Waals surface area contributed by atoms with Gasteiger partial charge in [-0.3, -0.25) is 4.79 Å². The van der Waals surface area contributed by atoms with Gasteiger partial charge in [0.2, 0.25) is 0 Å². The summed E-state index contributed by atoms with van der Waals surface area (Å²) in [5.41, 5.74) is 1.23. The zero-order chi connectivity index (χ0) is 16.9. The van der Waals surface area contributed by atoms with Crippen molar-refractivity contribution in [3.05, 3.63) is 11.6 Å². The molecule has 1 rings (SSSR count). The van der Waals surface area contributed by atoms with Crippen LogP contribution in [0.4, 0.5) is 0 Å². The van der Waals surface area contributed by atoms with Crippen LogP contribution >= 0.6 is 0 Å². The Labute approximate surface area is 137 Å². The van der Waals surface area contributed by atoms with Gasteiger partial charge in [0.15, 0.2) is 0 Å². The number of rotatable bonds is 6. The highest BCUT2D eigenvalue weighted by Gasteiger charge is 2.27. The number of nitrogens with one attached hydrogen (secondary N) is 1. The lowest BCUT2D eigenvalue weighted by atomic mass is 9.89. The predicted octanol–water partition coefficient (Wildman–Crippen LogP) is 3.49. The largest absolute Gasteiger partial charge is 0.458 e. The molecule has 0 saturated carbocycles. The van der Waals surface area contributed by atoms with E-state index in [1.807, 2.05) is 20.8 Å². The Balaban J connectivity index is 2.88. The summed E-state index contributed by atoms with van der Waals surface area (Å²) in [6.45, 7) is 11.7. The van der Waals surface area contributed by atoms with E-state index in [-0.39, 0.29) is 22.9 Å². The minimum atomic E-state index is -1.11. The van der Waals surface area contributed by atoms with Gasteiger partial charge in [-0.25, -0.2) is 8.93 Å². The Kier molecular flexibility index (Phi) is 7.26. The zero-order valence-corrected chi connectivity index (χ0v) is 15.6. The minimum Gasteiger partial charge on any atom is -0.458 e. The Hall–Kier alpha value is -0.680. The number of hydrogen-bond acceptors (Lipinski definition) is 3. The quantitative estimate of drug-likeness (QED) is 0.599. The normalized spacial score (nSPS) is 22.1. The van der Waals surface area contributed by atoms with Crippen molar-refractivity contribution in [2.45, 2.75) is 84.1 Å². The van der Waals surface area contributed by atoms with Crippen molar-refractivity contribution in [3.8, 4) is 0 Å². The van der Waals surface area contributed by atoms with E-state index in [0.29, 0.717) is 5.92 Å². The topological polar surface area (TPSA) is 55.4 Å². The Morgan fingerprint density at radius 1 is 1.45 bits per heavy atom. The van der Waals surface area contributed by atoms with E-state index in [1.54, 1.807) is 0 Å². The third-order valence-electron chi connectivity index (χ3n) is 3.63. The van der Waals surface area contributed by atoms with Gasteiger partial charge in [-0.05, 0) is 58.4 Å². The molecule has 1 aliphatic rings. The summed E-state index contributed by atoms with van der Waals surface area (Å²) in [6, 6.07) is 0.0819. The summed E-state index contributed by atoms with van der Waals surface area (Å²) in [4.78, 5) is 11.2. The molecule has 0 saturated heterocycles. The molecule has 0 radical (unpaired) electrons. The van der Waals surface area contributed by atoms with Crippen LogP contribution in [0.1, 0.15) is 67.2 Å². The standard InChI is InChI=1S/C17H31NO3S/c1-12(2)10-16(18-22(20)17(4,5)6)14-8-7-9-15(11-14)21-13(3)19/h11-12,15-16,18H,7-10H2,1-6H3/t15?,16-,22?/m0/s1. The maximum Gasteiger partial charge on any atom is 0.303 e. The number of carbonyl (C=O) groups is 1. The van der Waals surface area contributed by atoms with Gasteiger partial charge < -0.3 is 4.74 Å². The molecule has 0 aromatic heterocycles. The highest BCUT2D eigenvalue weighted by atomic mass is 32.2. The number of esters is 1. The molecule has 1 N–H and O–H groups in total. The molecular formula is C17H31NO3S. The second kappa shape index (κ2) is 8.25. The van der Waals surface area contributed by atoms with Crippen LogP contribution in [0.25, 0.3) is 0 Å². The van der Waals surface area contributed by atoms with E-state index in [4.69, 9.17) is 4.74 Å². The van der Waals surface area contributed by atoms with Crippen molar-refractivity contribution < 1.29 is 13.7 Å². The van der Waals surface area contributed by atoms with Gasteiger partial charge >= 0.3 is 5.97 Å². The molecule has 2 unspecified atom stereocenters. The molecule has 0 aromatic rings. The number of carbonyl (C=O) groups excluding carboxylic acids is 1. The maximum absolute atomic E-state index is 12.4. The first-order valence-corrected chi connectivity index (χ1v) is 9.30. The third-order valence-corrected chi connectivity index (χ3v) is 5.24. The van der Waals surface area contributed by atoms with Crippen LogP contribution in [-0.4, -0.2) is 27.1 Å².